The van der Waals surface area contributed by atoms with Crippen molar-refractivity contribution in [2.45, 2.75) is 39.2 Å². The molecule has 1 saturated heterocycles. The van der Waals surface area contributed by atoms with Gasteiger partial charge in [-0.1, -0.05) is 13.3 Å². The molecule has 1 aliphatic rings. The van der Waals surface area contributed by atoms with Gasteiger partial charge in [0.25, 0.3) is 0 Å². The van der Waals surface area contributed by atoms with Crippen molar-refractivity contribution in [3.8, 4) is 0 Å². The Labute approximate surface area is 103 Å². The van der Waals surface area contributed by atoms with Gasteiger partial charge >= 0.3 is 0 Å². The maximum atomic E-state index is 9.43. The third kappa shape index (κ3) is 2.97. The first-order valence-electron chi connectivity index (χ1n) is 6.59. The smallest absolute Gasteiger partial charge is 0.0931 e. The molecule has 1 unspecified atom stereocenters. The van der Waals surface area contributed by atoms with Gasteiger partial charge in [0.1, 0.15) is 0 Å². The number of rotatable bonds is 3. The van der Waals surface area contributed by atoms with Crippen molar-refractivity contribution in [1.82, 2.24) is 4.98 Å². The van der Waals surface area contributed by atoms with E-state index in [4.69, 9.17) is 0 Å². The zero-order valence-electron chi connectivity index (χ0n) is 10.8. The van der Waals surface area contributed by atoms with Gasteiger partial charge in [-0.15, -0.1) is 0 Å². The minimum Gasteiger partial charge on any atom is -0.387 e. The van der Waals surface area contributed by atoms with Crippen LogP contribution < -0.4 is 4.90 Å². The first kappa shape index (κ1) is 12.4. The van der Waals surface area contributed by atoms with E-state index < -0.39 is 6.10 Å². The van der Waals surface area contributed by atoms with Crippen molar-refractivity contribution in [1.29, 1.82) is 0 Å². The Morgan fingerprint density at radius 2 is 2.35 bits per heavy atom. The van der Waals surface area contributed by atoms with E-state index in [0.29, 0.717) is 0 Å². The molecular formula is C14H22N2O. The van der Waals surface area contributed by atoms with Crippen LogP contribution in [0.2, 0.25) is 0 Å². The van der Waals surface area contributed by atoms with E-state index in [9.17, 15) is 5.11 Å². The minimum absolute atomic E-state index is 0.478. The molecule has 0 aliphatic carbocycles. The van der Waals surface area contributed by atoms with Gasteiger partial charge in [-0.2, -0.15) is 0 Å². The topological polar surface area (TPSA) is 36.4 Å². The highest BCUT2D eigenvalue weighted by Gasteiger charge is 2.18. The molecule has 2 heterocycles. The summed E-state index contributed by atoms with van der Waals surface area (Å²) in [5.41, 5.74) is 1.94. The van der Waals surface area contributed by atoms with Crippen molar-refractivity contribution in [3.05, 3.63) is 24.0 Å². The summed E-state index contributed by atoms with van der Waals surface area (Å²) >= 11 is 0. The van der Waals surface area contributed by atoms with Gasteiger partial charge in [0, 0.05) is 13.1 Å². The number of aliphatic hydroxyl groups excluding tert-OH is 1. The Kier molecular flexibility index (Phi) is 4.00. The van der Waals surface area contributed by atoms with E-state index >= 15 is 0 Å². The predicted octanol–water partition coefficient (Wildman–Crippen LogP) is 2.76. The number of hydrogen-bond donors (Lipinski definition) is 1. The fourth-order valence-electron chi connectivity index (χ4n) is 2.46. The molecule has 2 atom stereocenters. The van der Waals surface area contributed by atoms with Crippen molar-refractivity contribution in [3.63, 3.8) is 0 Å². The van der Waals surface area contributed by atoms with E-state index in [2.05, 4.69) is 22.9 Å². The molecule has 0 radical (unpaired) electrons. The summed E-state index contributed by atoms with van der Waals surface area (Å²) < 4.78 is 0. The molecule has 0 saturated carbocycles. The second-order valence-electron chi connectivity index (χ2n) is 4.98. The Hall–Kier alpha value is -1.09. The van der Waals surface area contributed by atoms with Gasteiger partial charge in [0.05, 0.1) is 23.7 Å². The summed E-state index contributed by atoms with van der Waals surface area (Å²) in [7, 11) is 0. The fourth-order valence-corrected chi connectivity index (χ4v) is 2.46. The summed E-state index contributed by atoms with van der Waals surface area (Å²) in [5, 5.41) is 9.43. The Morgan fingerprint density at radius 3 is 2.94 bits per heavy atom. The molecule has 94 valence electrons. The van der Waals surface area contributed by atoms with Crippen LogP contribution in [-0.4, -0.2) is 23.2 Å². The maximum Gasteiger partial charge on any atom is 0.0931 e. The SMILES string of the molecule is CCC1CCCN(c2ccc([C@H](C)O)nc2)C1. The molecular weight excluding hydrogens is 212 g/mol. The van der Waals surface area contributed by atoms with Gasteiger partial charge in [0.15, 0.2) is 0 Å². The van der Waals surface area contributed by atoms with Crippen LogP contribution in [0.25, 0.3) is 0 Å². The van der Waals surface area contributed by atoms with Crippen LogP contribution in [0.3, 0.4) is 0 Å². The van der Waals surface area contributed by atoms with Gasteiger partial charge in [-0.3, -0.25) is 4.98 Å². The van der Waals surface area contributed by atoms with Crippen molar-refractivity contribution in [2.24, 2.45) is 5.92 Å². The summed E-state index contributed by atoms with van der Waals surface area (Å²) in [6.45, 7) is 6.29. The largest absolute Gasteiger partial charge is 0.387 e. The second kappa shape index (κ2) is 5.50. The Balaban J connectivity index is 2.06. The molecule has 1 fully saturated rings. The molecule has 1 aromatic rings. The van der Waals surface area contributed by atoms with Crippen LogP contribution in [0, 0.1) is 5.92 Å². The maximum absolute atomic E-state index is 9.43. The molecule has 17 heavy (non-hydrogen) atoms. The zero-order valence-corrected chi connectivity index (χ0v) is 10.8. The number of pyridine rings is 1. The monoisotopic (exact) mass is 234 g/mol. The predicted molar refractivity (Wildman–Crippen MR) is 70.1 cm³/mol. The minimum atomic E-state index is -0.478. The van der Waals surface area contributed by atoms with Crippen LogP contribution in [0.15, 0.2) is 18.3 Å². The lowest BCUT2D eigenvalue weighted by molar-refractivity contribution is 0.194. The number of nitrogens with zero attached hydrogens (tertiary/aromatic N) is 2. The first-order chi connectivity index (χ1) is 8.20. The van der Waals surface area contributed by atoms with Crippen molar-refractivity contribution >= 4 is 5.69 Å². The number of aromatic nitrogens is 1. The number of aliphatic hydroxyl groups is 1. The molecule has 0 aromatic carbocycles. The van der Waals surface area contributed by atoms with E-state index in [-0.39, 0.29) is 0 Å². The normalized spacial score (nSPS) is 22.5. The van der Waals surface area contributed by atoms with Crippen molar-refractivity contribution in [2.75, 3.05) is 18.0 Å². The molecule has 0 amide bonds. The molecule has 1 aliphatic heterocycles. The van der Waals surface area contributed by atoms with E-state index in [1.54, 1.807) is 6.92 Å². The highest BCUT2D eigenvalue weighted by Crippen LogP contribution is 2.24. The van der Waals surface area contributed by atoms with Crippen LogP contribution >= 0.6 is 0 Å². The Morgan fingerprint density at radius 1 is 1.53 bits per heavy atom. The highest BCUT2D eigenvalue weighted by molar-refractivity contribution is 5.45. The van der Waals surface area contributed by atoms with E-state index in [0.717, 1.165) is 24.7 Å². The van der Waals surface area contributed by atoms with Gasteiger partial charge in [0.2, 0.25) is 0 Å². The lowest BCUT2D eigenvalue weighted by Gasteiger charge is -2.33. The van der Waals surface area contributed by atoms with E-state index in [1.165, 1.54) is 24.9 Å². The molecule has 2 rings (SSSR count). The Bertz CT molecular complexity index is 348. The molecule has 1 aromatic heterocycles. The number of anilines is 1. The van der Waals surface area contributed by atoms with Crippen LogP contribution in [-0.2, 0) is 0 Å². The third-order valence-electron chi connectivity index (χ3n) is 3.66. The standard InChI is InChI=1S/C14H22N2O/c1-3-12-5-4-8-16(10-12)13-6-7-14(11(2)17)15-9-13/h6-7,9,11-12,17H,3-5,8,10H2,1-2H3/t11-,12?/m0/s1. The lowest BCUT2D eigenvalue weighted by Crippen LogP contribution is -2.35. The van der Waals surface area contributed by atoms with Gasteiger partial charge < -0.3 is 10.0 Å². The van der Waals surface area contributed by atoms with Crippen LogP contribution in [0.5, 0.6) is 0 Å². The molecule has 3 heteroatoms. The summed E-state index contributed by atoms with van der Waals surface area (Å²) in [6.07, 6.45) is 5.30. The molecule has 0 spiro atoms. The van der Waals surface area contributed by atoms with E-state index in [1.807, 2.05) is 12.3 Å². The third-order valence-corrected chi connectivity index (χ3v) is 3.66. The molecule has 0 bridgehead atoms. The quantitative estimate of drug-likeness (QED) is 0.873. The fraction of sp³-hybridized carbons (Fsp3) is 0.643. The highest BCUT2D eigenvalue weighted by atomic mass is 16.3. The number of piperidine rings is 1. The van der Waals surface area contributed by atoms with Crippen LogP contribution in [0.1, 0.15) is 44.9 Å². The first-order valence-corrected chi connectivity index (χ1v) is 6.59. The molecule has 3 nitrogen and oxygen atoms in total. The summed E-state index contributed by atoms with van der Waals surface area (Å²) in [6, 6.07) is 4.00. The number of hydrogen-bond acceptors (Lipinski definition) is 3. The second-order valence-corrected chi connectivity index (χ2v) is 4.98. The van der Waals surface area contributed by atoms with Gasteiger partial charge in [-0.25, -0.2) is 0 Å². The average Bonchev–Trinajstić information content (AvgIpc) is 2.39. The molecule has 1 N–H and O–H groups in total. The summed E-state index contributed by atoms with van der Waals surface area (Å²) in [5.74, 6) is 0.820. The average molecular weight is 234 g/mol. The summed E-state index contributed by atoms with van der Waals surface area (Å²) in [4.78, 5) is 6.73. The lowest BCUT2D eigenvalue weighted by atomic mass is 9.95. The van der Waals surface area contributed by atoms with Crippen LogP contribution in [0.4, 0.5) is 5.69 Å². The zero-order chi connectivity index (χ0) is 12.3. The van der Waals surface area contributed by atoms with Crippen molar-refractivity contribution < 1.29 is 5.11 Å². The van der Waals surface area contributed by atoms with Gasteiger partial charge in [-0.05, 0) is 37.8 Å².